The molecule has 0 radical (unpaired) electrons. The number of halogens is 1. The molecule has 0 atom stereocenters. The molecule has 0 aliphatic heterocycles. The number of sulfone groups is 1. The van der Waals surface area contributed by atoms with Crippen molar-refractivity contribution in [3.8, 4) is 5.69 Å². The van der Waals surface area contributed by atoms with Crippen molar-refractivity contribution in [3.05, 3.63) is 35.9 Å². The van der Waals surface area contributed by atoms with Gasteiger partial charge in [-0.3, -0.25) is 0 Å². The molecule has 1 aromatic heterocycles. The van der Waals surface area contributed by atoms with Gasteiger partial charge in [0.25, 0.3) is 0 Å². The van der Waals surface area contributed by atoms with Crippen LogP contribution in [0.25, 0.3) is 5.69 Å². The molecule has 23 heavy (non-hydrogen) atoms. The minimum Gasteiger partial charge on any atom is -0.377 e. The summed E-state index contributed by atoms with van der Waals surface area (Å²) in [6, 6.07) is 5.51. The fraction of sp³-hybridized carbons (Fsp3) is 0.500. The summed E-state index contributed by atoms with van der Waals surface area (Å²) in [7, 11) is -3.39. The van der Waals surface area contributed by atoms with Crippen LogP contribution in [0.1, 0.15) is 25.1 Å². The topological polar surface area (TPSA) is 87.0 Å². The molecule has 1 fully saturated rings. The van der Waals surface area contributed by atoms with Crippen LogP contribution in [-0.2, 0) is 20.3 Å². The number of hydrogen-bond acceptors (Lipinski definition) is 6. The van der Waals surface area contributed by atoms with Crippen molar-refractivity contribution in [1.82, 2.24) is 20.2 Å². The fourth-order valence-electron chi connectivity index (χ4n) is 2.23. The first kappa shape index (κ1) is 16.0. The number of nitrogens with zero attached hydrogens (tertiary/aromatic N) is 4. The molecule has 0 unspecified atom stereocenters. The van der Waals surface area contributed by atoms with E-state index in [1.807, 2.05) is 0 Å². The Labute approximate surface area is 133 Å². The molecule has 0 amide bonds. The number of hydrogen-bond donors (Lipinski definition) is 0. The van der Waals surface area contributed by atoms with Crippen LogP contribution in [0.15, 0.2) is 24.3 Å². The SMILES string of the molecule is O=S(=O)(CCOC1CCC1)Cc1nnnn1-c1ccc(F)cc1. The number of aromatic nitrogens is 4. The minimum absolute atomic E-state index is 0.0697. The quantitative estimate of drug-likeness (QED) is 0.755. The number of benzene rings is 1. The number of ether oxygens (including phenoxy) is 1. The third-order valence-corrected chi connectivity index (χ3v) is 5.24. The summed E-state index contributed by atoms with van der Waals surface area (Å²) in [5.41, 5.74) is 0.507. The van der Waals surface area contributed by atoms with E-state index < -0.39 is 9.84 Å². The first-order valence-electron chi connectivity index (χ1n) is 7.39. The average molecular weight is 340 g/mol. The van der Waals surface area contributed by atoms with Gasteiger partial charge in [0.2, 0.25) is 0 Å². The molecule has 7 nitrogen and oxygen atoms in total. The third-order valence-electron chi connectivity index (χ3n) is 3.75. The molecule has 0 saturated heterocycles. The van der Waals surface area contributed by atoms with Gasteiger partial charge in [-0.25, -0.2) is 12.8 Å². The van der Waals surface area contributed by atoms with Crippen molar-refractivity contribution in [2.24, 2.45) is 0 Å². The van der Waals surface area contributed by atoms with Crippen LogP contribution in [0.2, 0.25) is 0 Å². The fourth-order valence-corrected chi connectivity index (χ4v) is 3.29. The molecule has 0 bridgehead atoms. The molecule has 124 valence electrons. The van der Waals surface area contributed by atoms with E-state index in [2.05, 4.69) is 15.5 Å². The van der Waals surface area contributed by atoms with E-state index in [9.17, 15) is 12.8 Å². The summed E-state index contributed by atoms with van der Waals surface area (Å²) in [5, 5.41) is 11.0. The molecular weight excluding hydrogens is 323 g/mol. The lowest BCUT2D eigenvalue weighted by Gasteiger charge is -2.25. The molecule has 1 saturated carbocycles. The van der Waals surface area contributed by atoms with Gasteiger partial charge in [0.15, 0.2) is 15.7 Å². The highest BCUT2D eigenvalue weighted by Crippen LogP contribution is 2.21. The Hall–Kier alpha value is -1.87. The summed E-state index contributed by atoms with van der Waals surface area (Å²) in [6.07, 6.45) is 3.35. The summed E-state index contributed by atoms with van der Waals surface area (Å²) < 4.78 is 44.1. The van der Waals surface area contributed by atoms with Gasteiger partial charge in [0.1, 0.15) is 11.6 Å². The first-order valence-corrected chi connectivity index (χ1v) is 9.21. The Morgan fingerprint density at radius 1 is 1.26 bits per heavy atom. The maximum absolute atomic E-state index is 13.0. The second-order valence-electron chi connectivity index (χ2n) is 5.50. The number of tetrazole rings is 1. The highest BCUT2D eigenvalue weighted by Gasteiger charge is 2.21. The van der Waals surface area contributed by atoms with E-state index in [1.165, 1.54) is 28.9 Å². The van der Waals surface area contributed by atoms with Crippen molar-refractivity contribution in [3.63, 3.8) is 0 Å². The van der Waals surface area contributed by atoms with Gasteiger partial charge in [0, 0.05) is 0 Å². The maximum Gasteiger partial charge on any atom is 0.171 e. The lowest BCUT2D eigenvalue weighted by atomic mass is 9.96. The summed E-state index contributed by atoms with van der Waals surface area (Å²) in [5.74, 6) is -0.546. The van der Waals surface area contributed by atoms with Gasteiger partial charge in [-0.05, 0) is 54.0 Å². The lowest BCUT2D eigenvalue weighted by Crippen LogP contribution is -2.25. The zero-order chi connectivity index (χ0) is 16.3. The van der Waals surface area contributed by atoms with Crippen molar-refractivity contribution in [2.45, 2.75) is 31.1 Å². The van der Waals surface area contributed by atoms with Crippen LogP contribution in [0, 0.1) is 5.82 Å². The van der Waals surface area contributed by atoms with E-state index in [-0.39, 0.29) is 35.9 Å². The minimum atomic E-state index is -3.39. The van der Waals surface area contributed by atoms with Crippen LogP contribution >= 0.6 is 0 Å². The molecule has 0 N–H and O–H groups in total. The zero-order valence-corrected chi connectivity index (χ0v) is 13.2. The highest BCUT2D eigenvalue weighted by molar-refractivity contribution is 7.90. The molecule has 1 aliphatic carbocycles. The second kappa shape index (κ2) is 6.71. The van der Waals surface area contributed by atoms with Gasteiger partial charge in [0.05, 0.1) is 24.2 Å². The summed E-state index contributed by atoms with van der Waals surface area (Å²) >= 11 is 0. The molecule has 3 rings (SSSR count). The van der Waals surface area contributed by atoms with Gasteiger partial charge in [-0.1, -0.05) is 0 Å². The highest BCUT2D eigenvalue weighted by atomic mass is 32.2. The summed E-state index contributed by atoms with van der Waals surface area (Å²) in [4.78, 5) is 0. The van der Waals surface area contributed by atoms with Crippen LogP contribution in [0.4, 0.5) is 4.39 Å². The largest absolute Gasteiger partial charge is 0.377 e. The lowest BCUT2D eigenvalue weighted by molar-refractivity contribution is 0.0110. The average Bonchev–Trinajstić information content (AvgIpc) is 2.90. The van der Waals surface area contributed by atoms with E-state index in [0.29, 0.717) is 5.69 Å². The van der Waals surface area contributed by atoms with E-state index in [1.54, 1.807) is 0 Å². The number of rotatable bonds is 7. The standard InChI is InChI=1S/C14H17FN4O3S/c15-11-4-6-12(7-5-11)19-14(16-17-18-19)10-23(20,21)9-8-22-13-2-1-3-13/h4-7,13H,1-3,8-10H2. The van der Waals surface area contributed by atoms with Gasteiger partial charge in [-0.15, -0.1) is 5.10 Å². The van der Waals surface area contributed by atoms with E-state index in [0.717, 1.165) is 19.3 Å². The normalized spacial score (nSPS) is 15.5. The predicted molar refractivity (Wildman–Crippen MR) is 80.2 cm³/mol. The first-order chi connectivity index (χ1) is 11.0. The van der Waals surface area contributed by atoms with E-state index >= 15 is 0 Å². The van der Waals surface area contributed by atoms with E-state index in [4.69, 9.17) is 4.74 Å². The molecule has 1 heterocycles. The molecule has 0 spiro atoms. The van der Waals surface area contributed by atoms with Crippen molar-refractivity contribution >= 4 is 9.84 Å². The van der Waals surface area contributed by atoms with Crippen LogP contribution < -0.4 is 0 Å². The summed E-state index contributed by atoms with van der Waals surface area (Å²) in [6.45, 7) is 0.186. The van der Waals surface area contributed by atoms with Crippen LogP contribution in [0.3, 0.4) is 0 Å². The Kier molecular flexibility index (Phi) is 4.67. The van der Waals surface area contributed by atoms with Gasteiger partial charge >= 0.3 is 0 Å². The molecule has 9 heteroatoms. The zero-order valence-electron chi connectivity index (χ0n) is 12.4. The van der Waals surface area contributed by atoms with Crippen molar-refractivity contribution in [2.75, 3.05) is 12.4 Å². The Morgan fingerprint density at radius 2 is 2.00 bits per heavy atom. The van der Waals surface area contributed by atoms with Crippen molar-refractivity contribution in [1.29, 1.82) is 0 Å². The second-order valence-corrected chi connectivity index (χ2v) is 7.68. The molecule has 2 aromatic rings. The monoisotopic (exact) mass is 340 g/mol. The third kappa shape index (κ3) is 4.11. The molecular formula is C14H17FN4O3S. The van der Waals surface area contributed by atoms with Gasteiger partial charge in [-0.2, -0.15) is 4.68 Å². The van der Waals surface area contributed by atoms with Crippen LogP contribution in [0.5, 0.6) is 0 Å². The molecule has 1 aromatic carbocycles. The smallest absolute Gasteiger partial charge is 0.171 e. The maximum atomic E-state index is 13.0. The predicted octanol–water partition coefficient (Wildman–Crippen LogP) is 1.29. The van der Waals surface area contributed by atoms with Gasteiger partial charge < -0.3 is 4.74 Å². The van der Waals surface area contributed by atoms with Crippen molar-refractivity contribution < 1.29 is 17.5 Å². The Morgan fingerprint density at radius 3 is 2.65 bits per heavy atom. The Balaban J connectivity index is 1.65. The Bertz CT molecular complexity index is 757. The molecule has 1 aliphatic rings. The van der Waals surface area contributed by atoms with Crippen LogP contribution in [-0.4, -0.2) is 47.1 Å².